The van der Waals surface area contributed by atoms with Gasteiger partial charge in [-0.2, -0.15) is 0 Å². The summed E-state index contributed by atoms with van der Waals surface area (Å²) in [6.45, 7) is 3.59. The van der Waals surface area contributed by atoms with Crippen molar-refractivity contribution in [2.24, 2.45) is 0 Å². The van der Waals surface area contributed by atoms with Crippen molar-refractivity contribution in [2.45, 2.75) is 6.92 Å². The van der Waals surface area contributed by atoms with Gasteiger partial charge in [-0.25, -0.2) is 13.8 Å². The fraction of sp³-hybridized carbons (Fsp3) is 0.208. The second-order valence-corrected chi connectivity index (χ2v) is 8.16. The van der Waals surface area contributed by atoms with Gasteiger partial charge in [0.2, 0.25) is 5.91 Å². The first-order valence-corrected chi connectivity index (χ1v) is 11.2. The number of amides is 1. The highest BCUT2D eigenvalue weighted by Crippen LogP contribution is 2.31. The molecule has 170 valence electrons. The van der Waals surface area contributed by atoms with Crippen LogP contribution in [0, 0.1) is 11.6 Å². The van der Waals surface area contributed by atoms with Crippen molar-refractivity contribution in [1.82, 2.24) is 4.98 Å². The minimum atomic E-state index is -0.544. The van der Waals surface area contributed by atoms with Crippen molar-refractivity contribution in [3.8, 4) is 0 Å². The summed E-state index contributed by atoms with van der Waals surface area (Å²) in [6.07, 6.45) is 2.78. The van der Waals surface area contributed by atoms with E-state index in [0.29, 0.717) is 37.7 Å². The lowest BCUT2D eigenvalue weighted by atomic mass is 10.1. The highest BCUT2D eigenvalue weighted by Gasteiger charge is 2.21. The van der Waals surface area contributed by atoms with Gasteiger partial charge >= 0.3 is 0 Å². The molecule has 2 heterocycles. The highest BCUT2D eigenvalue weighted by molar-refractivity contribution is 7.14. The number of aromatic nitrogens is 1. The second-order valence-electron chi connectivity index (χ2n) is 7.32. The smallest absolute Gasteiger partial charge is 0.230 e. The van der Waals surface area contributed by atoms with E-state index in [2.05, 4.69) is 4.98 Å². The SMILES string of the molecule is CC(=O)N(c1nc(/C=C/C(=O)c2ccc(N3CCOCC3)c(F)c2)cs1)c1ccccc1F. The summed E-state index contributed by atoms with van der Waals surface area (Å²) in [5, 5.41) is 1.93. The van der Waals surface area contributed by atoms with Crippen LogP contribution in [0.1, 0.15) is 23.0 Å². The Morgan fingerprint density at radius 2 is 1.88 bits per heavy atom. The molecule has 1 amide bonds. The Kier molecular flexibility index (Phi) is 6.90. The standard InChI is InChI=1S/C24H21F2N3O3S/c1-16(30)29(22-5-3-2-4-19(22)25)24-27-18(15-33-24)7-9-23(31)17-6-8-21(20(26)14-17)28-10-12-32-13-11-28/h2-9,14-15H,10-13H2,1H3/b9-7+. The molecule has 1 aliphatic heterocycles. The molecule has 0 atom stereocenters. The number of benzene rings is 2. The number of hydrogen-bond donors (Lipinski definition) is 0. The minimum Gasteiger partial charge on any atom is -0.378 e. The molecular weight excluding hydrogens is 448 g/mol. The minimum absolute atomic E-state index is 0.0989. The molecule has 0 unspecified atom stereocenters. The van der Waals surface area contributed by atoms with Crippen LogP contribution in [0.15, 0.2) is 53.9 Å². The number of allylic oxidation sites excluding steroid dienone is 1. The molecule has 1 aromatic heterocycles. The Labute approximate surface area is 193 Å². The summed E-state index contributed by atoms with van der Waals surface area (Å²) in [6, 6.07) is 10.3. The fourth-order valence-corrected chi connectivity index (χ4v) is 4.32. The van der Waals surface area contributed by atoms with Gasteiger partial charge in [-0.1, -0.05) is 12.1 Å². The lowest BCUT2D eigenvalue weighted by Crippen LogP contribution is -2.36. The van der Waals surface area contributed by atoms with Gasteiger partial charge in [-0.3, -0.25) is 14.5 Å². The van der Waals surface area contributed by atoms with Gasteiger partial charge < -0.3 is 9.64 Å². The first kappa shape index (κ1) is 22.8. The van der Waals surface area contributed by atoms with Gasteiger partial charge in [0.05, 0.1) is 30.3 Å². The van der Waals surface area contributed by atoms with Crippen LogP contribution in [0.5, 0.6) is 0 Å². The lowest BCUT2D eigenvalue weighted by Gasteiger charge is -2.29. The van der Waals surface area contributed by atoms with E-state index in [1.54, 1.807) is 23.6 Å². The number of carbonyl (C=O) groups excluding carboxylic acids is 2. The number of carbonyl (C=O) groups is 2. The van der Waals surface area contributed by atoms with Crippen LogP contribution in [0.3, 0.4) is 0 Å². The fourth-order valence-electron chi connectivity index (χ4n) is 3.47. The monoisotopic (exact) mass is 469 g/mol. The third-order valence-electron chi connectivity index (χ3n) is 5.10. The molecule has 0 N–H and O–H groups in total. The molecule has 9 heteroatoms. The number of ether oxygens (including phenoxy) is 1. The van der Waals surface area contributed by atoms with Crippen molar-refractivity contribution in [2.75, 3.05) is 36.1 Å². The van der Waals surface area contributed by atoms with Crippen LogP contribution in [0.4, 0.5) is 25.3 Å². The van der Waals surface area contributed by atoms with Crippen molar-refractivity contribution in [1.29, 1.82) is 0 Å². The van der Waals surface area contributed by atoms with E-state index in [-0.39, 0.29) is 22.2 Å². The van der Waals surface area contributed by atoms with Crippen LogP contribution in [-0.4, -0.2) is 43.0 Å². The molecule has 0 spiro atoms. The third-order valence-corrected chi connectivity index (χ3v) is 5.94. The van der Waals surface area contributed by atoms with E-state index in [0.717, 1.165) is 11.3 Å². The average Bonchev–Trinajstić information content (AvgIpc) is 3.27. The molecule has 0 radical (unpaired) electrons. The molecule has 1 fully saturated rings. The Morgan fingerprint density at radius 3 is 2.58 bits per heavy atom. The number of morpholine rings is 1. The summed E-state index contributed by atoms with van der Waals surface area (Å²) < 4.78 is 34.1. The van der Waals surface area contributed by atoms with Crippen molar-refractivity contribution < 1.29 is 23.1 Å². The van der Waals surface area contributed by atoms with Crippen LogP contribution in [0.2, 0.25) is 0 Å². The molecular formula is C24H21F2N3O3S. The first-order chi connectivity index (χ1) is 15.9. The van der Waals surface area contributed by atoms with Gasteiger partial charge in [0, 0.05) is 31.0 Å². The van der Waals surface area contributed by atoms with Crippen LogP contribution < -0.4 is 9.80 Å². The Morgan fingerprint density at radius 1 is 1.12 bits per heavy atom. The van der Waals surface area contributed by atoms with E-state index in [4.69, 9.17) is 4.74 Å². The number of rotatable bonds is 6. The molecule has 4 rings (SSSR count). The van der Waals surface area contributed by atoms with Crippen molar-refractivity contribution in [3.63, 3.8) is 0 Å². The zero-order valence-corrected chi connectivity index (χ0v) is 18.6. The predicted octanol–water partition coefficient (Wildman–Crippen LogP) is 4.84. The molecule has 1 saturated heterocycles. The Bertz CT molecular complexity index is 1210. The molecule has 0 aliphatic carbocycles. The predicted molar refractivity (Wildman–Crippen MR) is 124 cm³/mol. The molecule has 0 bridgehead atoms. The number of nitrogens with zero attached hydrogens (tertiary/aromatic N) is 3. The summed E-state index contributed by atoms with van der Waals surface area (Å²) in [4.78, 5) is 32.1. The van der Waals surface area contributed by atoms with Gasteiger partial charge in [0.25, 0.3) is 0 Å². The summed E-state index contributed by atoms with van der Waals surface area (Å²) in [5.74, 6) is -1.78. The molecule has 6 nitrogen and oxygen atoms in total. The van der Waals surface area contributed by atoms with E-state index in [1.165, 1.54) is 48.2 Å². The number of ketones is 1. The molecule has 0 saturated carbocycles. The van der Waals surface area contributed by atoms with Crippen molar-refractivity contribution >= 4 is 45.6 Å². The van der Waals surface area contributed by atoms with Gasteiger partial charge in [-0.15, -0.1) is 11.3 Å². The largest absolute Gasteiger partial charge is 0.378 e. The number of anilines is 3. The first-order valence-electron chi connectivity index (χ1n) is 10.3. The summed E-state index contributed by atoms with van der Waals surface area (Å²) in [5.41, 5.74) is 1.19. The van der Waals surface area contributed by atoms with Gasteiger partial charge in [0.1, 0.15) is 11.6 Å². The third kappa shape index (κ3) is 5.15. The normalized spacial score (nSPS) is 14.0. The van der Waals surface area contributed by atoms with Crippen LogP contribution in [-0.2, 0) is 9.53 Å². The highest BCUT2D eigenvalue weighted by atomic mass is 32.1. The van der Waals surface area contributed by atoms with Gasteiger partial charge in [-0.05, 0) is 42.5 Å². The topological polar surface area (TPSA) is 62.7 Å². The molecule has 1 aliphatic rings. The van der Waals surface area contributed by atoms with Crippen LogP contribution in [0.25, 0.3) is 6.08 Å². The number of hydrogen-bond acceptors (Lipinski definition) is 6. The summed E-state index contributed by atoms with van der Waals surface area (Å²) in [7, 11) is 0. The maximum absolute atomic E-state index is 14.6. The van der Waals surface area contributed by atoms with E-state index in [1.807, 2.05) is 4.90 Å². The van der Waals surface area contributed by atoms with Crippen LogP contribution >= 0.6 is 11.3 Å². The Balaban J connectivity index is 1.49. The van der Waals surface area contributed by atoms with E-state index < -0.39 is 17.5 Å². The lowest BCUT2D eigenvalue weighted by molar-refractivity contribution is -0.115. The maximum Gasteiger partial charge on any atom is 0.230 e. The number of halogens is 2. The average molecular weight is 470 g/mol. The molecule has 33 heavy (non-hydrogen) atoms. The zero-order valence-electron chi connectivity index (χ0n) is 17.8. The molecule has 2 aromatic carbocycles. The number of para-hydroxylation sites is 1. The quantitative estimate of drug-likeness (QED) is 0.382. The van der Waals surface area contributed by atoms with E-state index >= 15 is 0 Å². The number of thiazole rings is 1. The summed E-state index contributed by atoms with van der Waals surface area (Å²) >= 11 is 1.15. The van der Waals surface area contributed by atoms with Crippen molar-refractivity contribution in [3.05, 3.63) is 76.8 Å². The maximum atomic E-state index is 14.6. The van der Waals surface area contributed by atoms with E-state index in [9.17, 15) is 18.4 Å². The zero-order chi connectivity index (χ0) is 23.4. The molecule has 3 aromatic rings. The second kappa shape index (κ2) is 10.0. The van der Waals surface area contributed by atoms with Gasteiger partial charge in [0.15, 0.2) is 10.9 Å². The Hall–Kier alpha value is -3.43.